The van der Waals surface area contributed by atoms with Crippen LogP contribution in [0.5, 0.6) is 5.75 Å². The van der Waals surface area contributed by atoms with Crippen LogP contribution in [0.2, 0.25) is 0 Å². The van der Waals surface area contributed by atoms with E-state index >= 15 is 0 Å². The molecule has 0 amide bonds. The van der Waals surface area contributed by atoms with Crippen molar-refractivity contribution in [2.75, 3.05) is 13.2 Å². The standard InChI is InChI=1S/C13H15NO3/c1-3-16-13(15)10(2)9-17-12-6-4-11(8-14)5-7-12/h4-7,10H,3,9H2,1-2H3. The van der Waals surface area contributed by atoms with Crippen LogP contribution in [0.1, 0.15) is 19.4 Å². The van der Waals surface area contributed by atoms with Gasteiger partial charge in [-0.3, -0.25) is 4.79 Å². The molecule has 4 heteroatoms. The lowest BCUT2D eigenvalue weighted by molar-refractivity contribution is -0.148. The molecule has 0 aliphatic rings. The van der Waals surface area contributed by atoms with Gasteiger partial charge in [0.25, 0.3) is 0 Å². The number of hydrogen-bond donors (Lipinski definition) is 0. The lowest BCUT2D eigenvalue weighted by Gasteiger charge is -2.11. The molecule has 0 radical (unpaired) electrons. The Morgan fingerprint density at radius 2 is 2.06 bits per heavy atom. The highest BCUT2D eigenvalue weighted by atomic mass is 16.5. The summed E-state index contributed by atoms with van der Waals surface area (Å²) < 4.78 is 10.3. The molecule has 17 heavy (non-hydrogen) atoms. The minimum absolute atomic E-state index is 0.263. The van der Waals surface area contributed by atoms with Gasteiger partial charge in [0.1, 0.15) is 12.4 Å². The molecule has 1 aromatic rings. The molecule has 1 unspecified atom stereocenters. The molecule has 4 nitrogen and oxygen atoms in total. The van der Waals surface area contributed by atoms with Crippen molar-refractivity contribution < 1.29 is 14.3 Å². The van der Waals surface area contributed by atoms with Crippen LogP contribution in [-0.4, -0.2) is 19.2 Å². The summed E-state index contributed by atoms with van der Waals surface area (Å²) in [7, 11) is 0. The van der Waals surface area contributed by atoms with Gasteiger partial charge in [0.05, 0.1) is 24.2 Å². The fraction of sp³-hybridized carbons (Fsp3) is 0.385. The molecule has 0 saturated heterocycles. The predicted molar refractivity (Wildman–Crippen MR) is 62.4 cm³/mol. The number of hydrogen-bond acceptors (Lipinski definition) is 4. The zero-order valence-electron chi connectivity index (χ0n) is 9.97. The molecule has 0 heterocycles. The van der Waals surface area contributed by atoms with E-state index in [0.717, 1.165) is 0 Å². The molecule has 1 atom stereocenters. The van der Waals surface area contributed by atoms with E-state index in [1.54, 1.807) is 38.1 Å². The van der Waals surface area contributed by atoms with Crippen LogP contribution >= 0.6 is 0 Å². The number of nitrogens with zero attached hydrogens (tertiary/aromatic N) is 1. The van der Waals surface area contributed by atoms with Gasteiger partial charge in [0, 0.05) is 0 Å². The van der Waals surface area contributed by atoms with Gasteiger partial charge in [0.15, 0.2) is 0 Å². The summed E-state index contributed by atoms with van der Waals surface area (Å²) >= 11 is 0. The van der Waals surface area contributed by atoms with Gasteiger partial charge >= 0.3 is 5.97 Å². The average Bonchev–Trinajstić information content (AvgIpc) is 2.36. The molecule has 0 bridgehead atoms. The summed E-state index contributed by atoms with van der Waals surface area (Å²) in [5.74, 6) is 0.0758. The van der Waals surface area contributed by atoms with Gasteiger partial charge < -0.3 is 9.47 Å². The van der Waals surface area contributed by atoms with Gasteiger partial charge in [-0.25, -0.2) is 0 Å². The third kappa shape index (κ3) is 4.15. The Morgan fingerprint density at radius 3 is 2.59 bits per heavy atom. The summed E-state index contributed by atoms with van der Waals surface area (Å²) in [5.41, 5.74) is 0.579. The van der Waals surface area contributed by atoms with Crippen molar-refractivity contribution >= 4 is 5.97 Å². The third-order valence-corrected chi connectivity index (χ3v) is 2.17. The van der Waals surface area contributed by atoms with Crippen LogP contribution in [0.25, 0.3) is 0 Å². The number of rotatable bonds is 5. The molecular formula is C13H15NO3. The summed E-state index contributed by atoms with van der Waals surface area (Å²) in [6.45, 7) is 4.17. The molecule has 0 fully saturated rings. The van der Waals surface area contributed by atoms with Gasteiger partial charge in [-0.05, 0) is 38.1 Å². The zero-order chi connectivity index (χ0) is 12.7. The van der Waals surface area contributed by atoms with Crippen LogP contribution in [0, 0.1) is 17.2 Å². The molecule has 1 aromatic carbocycles. The maximum Gasteiger partial charge on any atom is 0.312 e. The molecule has 0 N–H and O–H groups in total. The molecule has 0 spiro atoms. The summed E-state index contributed by atoms with van der Waals surface area (Å²) in [5, 5.41) is 8.63. The van der Waals surface area contributed by atoms with E-state index in [0.29, 0.717) is 17.9 Å². The Bertz CT molecular complexity index is 406. The second-order valence-corrected chi connectivity index (χ2v) is 3.60. The van der Waals surface area contributed by atoms with Crippen LogP contribution in [-0.2, 0) is 9.53 Å². The Balaban J connectivity index is 2.44. The Hall–Kier alpha value is -2.02. The second-order valence-electron chi connectivity index (χ2n) is 3.60. The van der Waals surface area contributed by atoms with Crippen molar-refractivity contribution in [2.24, 2.45) is 5.92 Å². The van der Waals surface area contributed by atoms with E-state index in [-0.39, 0.29) is 18.5 Å². The summed E-state index contributed by atoms with van der Waals surface area (Å²) in [6, 6.07) is 8.78. The molecule has 0 saturated carbocycles. The maximum absolute atomic E-state index is 11.3. The Kier molecular flexibility index (Phi) is 5.02. The van der Waals surface area contributed by atoms with E-state index in [1.807, 2.05) is 6.07 Å². The monoisotopic (exact) mass is 233 g/mol. The largest absolute Gasteiger partial charge is 0.493 e. The topological polar surface area (TPSA) is 59.3 Å². The number of carbonyl (C=O) groups excluding carboxylic acids is 1. The number of esters is 1. The molecule has 0 aliphatic carbocycles. The first-order valence-corrected chi connectivity index (χ1v) is 5.47. The maximum atomic E-state index is 11.3. The normalized spacial score (nSPS) is 11.4. The van der Waals surface area contributed by atoms with Crippen LogP contribution < -0.4 is 4.74 Å². The fourth-order valence-electron chi connectivity index (χ4n) is 1.20. The van der Waals surface area contributed by atoms with Crippen molar-refractivity contribution in [2.45, 2.75) is 13.8 Å². The number of nitriles is 1. The van der Waals surface area contributed by atoms with E-state index in [9.17, 15) is 4.79 Å². The van der Waals surface area contributed by atoms with Crippen molar-refractivity contribution in [1.82, 2.24) is 0 Å². The Morgan fingerprint density at radius 1 is 1.41 bits per heavy atom. The van der Waals surface area contributed by atoms with Crippen molar-refractivity contribution in [1.29, 1.82) is 5.26 Å². The highest BCUT2D eigenvalue weighted by Crippen LogP contribution is 2.13. The smallest absolute Gasteiger partial charge is 0.312 e. The number of ether oxygens (including phenoxy) is 2. The molecule has 0 aliphatic heterocycles. The minimum Gasteiger partial charge on any atom is -0.493 e. The first-order chi connectivity index (χ1) is 8.17. The van der Waals surface area contributed by atoms with Crippen LogP contribution in [0.3, 0.4) is 0 Å². The minimum atomic E-state index is -0.300. The highest BCUT2D eigenvalue weighted by molar-refractivity contribution is 5.72. The predicted octanol–water partition coefficient (Wildman–Crippen LogP) is 2.14. The molecule has 1 rings (SSSR count). The number of carbonyl (C=O) groups is 1. The summed E-state index contributed by atoms with van der Waals surface area (Å²) in [4.78, 5) is 11.3. The van der Waals surface area contributed by atoms with E-state index in [2.05, 4.69) is 0 Å². The fourth-order valence-corrected chi connectivity index (χ4v) is 1.20. The van der Waals surface area contributed by atoms with Gasteiger partial charge in [-0.1, -0.05) is 0 Å². The zero-order valence-corrected chi connectivity index (χ0v) is 9.97. The molecular weight excluding hydrogens is 218 g/mol. The van der Waals surface area contributed by atoms with Gasteiger partial charge in [0.2, 0.25) is 0 Å². The van der Waals surface area contributed by atoms with Gasteiger partial charge in [-0.2, -0.15) is 5.26 Å². The lowest BCUT2D eigenvalue weighted by atomic mass is 10.2. The van der Waals surface area contributed by atoms with Gasteiger partial charge in [-0.15, -0.1) is 0 Å². The summed E-state index contributed by atoms with van der Waals surface area (Å²) in [6.07, 6.45) is 0. The van der Waals surface area contributed by atoms with Crippen molar-refractivity contribution in [3.63, 3.8) is 0 Å². The average molecular weight is 233 g/mol. The van der Waals surface area contributed by atoms with E-state index in [1.165, 1.54) is 0 Å². The number of benzene rings is 1. The molecule has 0 aromatic heterocycles. The highest BCUT2D eigenvalue weighted by Gasteiger charge is 2.14. The van der Waals surface area contributed by atoms with Crippen LogP contribution in [0.4, 0.5) is 0 Å². The third-order valence-electron chi connectivity index (χ3n) is 2.17. The quantitative estimate of drug-likeness (QED) is 0.731. The van der Waals surface area contributed by atoms with Crippen molar-refractivity contribution in [3.05, 3.63) is 29.8 Å². The van der Waals surface area contributed by atoms with Crippen LogP contribution in [0.15, 0.2) is 24.3 Å². The first kappa shape index (κ1) is 13.0. The Labute approximate surface area is 101 Å². The lowest BCUT2D eigenvalue weighted by Crippen LogP contribution is -2.21. The second kappa shape index (κ2) is 6.54. The van der Waals surface area contributed by atoms with E-state index < -0.39 is 0 Å². The van der Waals surface area contributed by atoms with E-state index in [4.69, 9.17) is 14.7 Å². The molecule has 90 valence electrons. The SMILES string of the molecule is CCOC(=O)C(C)COc1ccc(C#N)cc1. The van der Waals surface area contributed by atoms with Crippen molar-refractivity contribution in [3.8, 4) is 11.8 Å². The first-order valence-electron chi connectivity index (χ1n) is 5.47.